The van der Waals surface area contributed by atoms with E-state index >= 15 is 0 Å². The van der Waals surface area contributed by atoms with Crippen molar-refractivity contribution in [3.63, 3.8) is 0 Å². The van der Waals surface area contributed by atoms with Crippen LogP contribution in [0.15, 0.2) is 29.1 Å². The summed E-state index contributed by atoms with van der Waals surface area (Å²) in [6, 6.07) is 9.22. The Hall–Kier alpha value is -2.66. The van der Waals surface area contributed by atoms with Gasteiger partial charge in [-0.05, 0) is 31.4 Å². The molecule has 4 rings (SSSR count). The number of hydrogen-bond donors (Lipinski definition) is 1. The van der Waals surface area contributed by atoms with Gasteiger partial charge in [0, 0.05) is 16.7 Å². The highest BCUT2D eigenvalue weighted by atomic mass is 35.5. The summed E-state index contributed by atoms with van der Waals surface area (Å²) in [5.41, 5.74) is -0.719. The van der Waals surface area contributed by atoms with Gasteiger partial charge in [-0.2, -0.15) is 5.26 Å². The number of aromatic hydroxyl groups is 1. The lowest BCUT2D eigenvalue weighted by molar-refractivity contribution is 0.0929. The first-order chi connectivity index (χ1) is 13.9. The molecule has 8 heteroatoms. The zero-order valence-corrected chi connectivity index (χ0v) is 17.1. The van der Waals surface area contributed by atoms with E-state index in [2.05, 4.69) is 0 Å². The molecule has 0 amide bonds. The van der Waals surface area contributed by atoms with Gasteiger partial charge in [0.25, 0.3) is 5.56 Å². The molecule has 1 atom stereocenters. The Balaban J connectivity index is 1.90. The first kappa shape index (κ1) is 19.6. The number of nitrogens with zero attached hydrogens (tertiary/aromatic N) is 2. The van der Waals surface area contributed by atoms with Crippen LogP contribution in [-0.2, 0) is 11.3 Å². The second-order valence-corrected chi connectivity index (χ2v) is 8.36. The van der Waals surface area contributed by atoms with Crippen molar-refractivity contribution in [1.82, 2.24) is 4.57 Å². The number of halogens is 1. The average molecular weight is 429 g/mol. The number of fused-ring (bicyclic) bond motifs is 1. The van der Waals surface area contributed by atoms with Gasteiger partial charge in [0.1, 0.15) is 11.6 Å². The van der Waals surface area contributed by atoms with Crippen LogP contribution in [-0.4, -0.2) is 28.2 Å². The highest BCUT2D eigenvalue weighted by Gasteiger charge is 2.29. The monoisotopic (exact) mass is 428 g/mol. The summed E-state index contributed by atoms with van der Waals surface area (Å²) in [6.07, 6.45) is 1.36. The minimum atomic E-state index is -0.628. The quantitative estimate of drug-likeness (QED) is 0.634. The Morgan fingerprint density at radius 3 is 2.86 bits per heavy atom. The zero-order valence-electron chi connectivity index (χ0n) is 15.6. The Kier molecular flexibility index (Phi) is 5.17. The van der Waals surface area contributed by atoms with Crippen molar-refractivity contribution in [3.8, 4) is 11.9 Å². The largest absolute Gasteiger partial charge is 0.494 e. The third-order valence-electron chi connectivity index (χ3n) is 5.18. The van der Waals surface area contributed by atoms with Crippen molar-refractivity contribution in [2.75, 3.05) is 6.61 Å². The van der Waals surface area contributed by atoms with Crippen LogP contribution >= 0.6 is 22.9 Å². The van der Waals surface area contributed by atoms with Crippen LogP contribution in [0, 0.1) is 18.3 Å². The lowest BCUT2D eigenvalue weighted by Crippen LogP contribution is -2.30. The first-order valence-electron chi connectivity index (χ1n) is 9.13. The molecule has 0 radical (unpaired) electrons. The van der Waals surface area contributed by atoms with Gasteiger partial charge in [-0.25, -0.2) is 0 Å². The number of thiophene rings is 1. The number of pyridine rings is 1. The molecule has 1 aliphatic heterocycles. The second kappa shape index (κ2) is 7.64. The first-order valence-corrected chi connectivity index (χ1v) is 10.3. The van der Waals surface area contributed by atoms with Crippen molar-refractivity contribution in [2.45, 2.75) is 32.4 Å². The summed E-state index contributed by atoms with van der Waals surface area (Å²) < 4.78 is 7.46. The topological polar surface area (TPSA) is 92.3 Å². The molecule has 2 aromatic heterocycles. The minimum absolute atomic E-state index is 0.0763. The van der Waals surface area contributed by atoms with Crippen LogP contribution in [0.25, 0.3) is 10.1 Å². The average Bonchev–Trinajstić information content (AvgIpc) is 3.34. The molecule has 3 aromatic rings. The highest BCUT2D eigenvalue weighted by Crippen LogP contribution is 2.38. The van der Waals surface area contributed by atoms with Gasteiger partial charge in [0.05, 0.1) is 28.1 Å². The predicted molar refractivity (Wildman–Crippen MR) is 111 cm³/mol. The lowest BCUT2D eigenvalue weighted by Gasteiger charge is -2.17. The zero-order chi connectivity index (χ0) is 20.7. The standard InChI is InChI=1S/C21H17ClN2O4S/c1-11-14(9-23)20(26)24(10-12-5-4-8-28-12)21(27)16(11)18(25)19-17(22)13-6-2-3-7-15(13)29-19/h2-3,6-7,12,27H,4-5,8,10H2,1H3. The van der Waals surface area contributed by atoms with E-state index in [-0.39, 0.29) is 34.2 Å². The van der Waals surface area contributed by atoms with E-state index in [9.17, 15) is 20.0 Å². The van der Waals surface area contributed by atoms with Gasteiger partial charge in [-0.15, -0.1) is 11.3 Å². The minimum Gasteiger partial charge on any atom is -0.494 e. The van der Waals surface area contributed by atoms with E-state index in [0.717, 1.165) is 27.5 Å². The number of rotatable bonds is 4. The van der Waals surface area contributed by atoms with E-state index < -0.39 is 17.2 Å². The van der Waals surface area contributed by atoms with E-state index in [1.54, 1.807) is 0 Å². The summed E-state index contributed by atoms with van der Waals surface area (Å²) in [7, 11) is 0. The summed E-state index contributed by atoms with van der Waals surface area (Å²) in [5.74, 6) is -0.968. The number of carbonyl (C=O) groups is 1. The van der Waals surface area contributed by atoms with Gasteiger partial charge in [0.15, 0.2) is 0 Å². The Bertz CT molecular complexity index is 1230. The van der Waals surface area contributed by atoms with Crippen LogP contribution in [0.5, 0.6) is 5.88 Å². The highest BCUT2D eigenvalue weighted by molar-refractivity contribution is 7.21. The van der Waals surface area contributed by atoms with Crippen LogP contribution in [0.3, 0.4) is 0 Å². The molecule has 0 bridgehead atoms. The number of ketones is 1. The molecule has 1 fully saturated rings. The fraction of sp³-hybridized carbons (Fsp3) is 0.286. The molecule has 0 spiro atoms. The summed E-state index contributed by atoms with van der Waals surface area (Å²) in [5, 5.41) is 21.4. The van der Waals surface area contributed by atoms with Crippen LogP contribution in [0.4, 0.5) is 0 Å². The predicted octanol–water partition coefficient (Wildman–Crippen LogP) is 4.01. The van der Waals surface area contributed by atoms with Crippen LogP contribution < -0.4 is 5.56 Å². The van der Waals surface area contributed by atoms with E-state index in [1.165, 1.54) is 18.3 Å². The maximum Gasteiger partial charge on any atom is 0.271 e. The van der Waals surface area contributed by atoms with Gasteiger partial charge in [-0.3, -0.25) is 14.2 Å². The van der Waals surface area contributed by atoms with Crippen molar-refractivity contribution in [3.05, 3.63) is 61.2 Å². The molecule has 29 heavy (non-hydrogen) atoms. The molecule has 1 aromatic carbocycles. The van der Waals surface area contributed by atoms with Gasteiger partial charge in [0.2, 0.25) is 11.7 Å². The SMILES string of the molecule is Cc1c(C(=O)c2sc3ccccc3c2Cl)c(O)n(CC2CCCO2)c(=O)c1C#N. The molecule has 0 aliphatic carbocycles. The van der Waals surface area contributed by atoms with Crippen molar-refractivity contribution in [2.24, 2.45) is 0 Å². The molecule has 0 saturated carbocycles. The van der Waals surface area contributed by atoms with Crippen LogP contribution in [0.2, 0.25) is 5.02 Å². The van der Waals surface area contributed by atoms with E-state index in [1.807, 2.05) is 30.3 Å². The van der Waals surface area contributed by atoms with Crippen molar-refractivity contribution in [1.29, 1.82) is 5.26 Å². The Morgan fingerprint density at radius 2 is 2.21 bits per heavy atom. The van der Waals surface area contributed by atoms with Gasteiger partial charge < -0.3 is 9.84 Å². The van der Waals surface area contributed by atoms with Crippen molar-refractivity contribution >= 4 is 38.8 Å². The lowest BCUT2D eigenvalue weighted by atomic mass is 10.0. The summed E-state index contributed by atoms with van der Waals surface area (Å²) in [4.78, 5) is 26.4. The maximum absolute atomic E-state index is 13.4. The molecule has 1 unspecified atom stereocenters. The maximum atomic E-state index is 13.4. The normalized spacial score (nSPS) is 16.2. The molecule has 1 saturated heterocycles. The molecular weight excluding hydrogens is 412 g/mol. The number of benzene rings is 1. The summed E-state index contributed by atoms with van der Waals surface area (Å²) in [6.45, 7) is 2.16. The number of aromatic nitrogens is 1. The molecule has 3 heterocycles. The second-order valence-electron chi connectivity index (χ2n) is 6.93. The fourth-order valence-corrected chi connectivity index (χ4v) is 5.12. The third kappa shape index (κ3) is 3.23. The van der Waals surface area contributed by atoms with Crippen LogP contribution in [0.1, 0.15) is 39.2 Å². The Morgan fingerprint density at radius 1 is 1.45 bits per heavy atom. The van der Waals surface area contributed by atoms with E-state index in [0.29, 0.717) is 11.6 Å². The number of hydrogen-bond acceptors (Lipinski definition) is 6. The smallest absolute Gasteiger partial charge is 0.271 e. The molecular formula is C21H17ClN2O4S. The molecule has 6 nitrogen and oxygen atoms in total. The number of carbonyl (C=O) groups excluding carboxylic acids is 1. The van der Waals surface area contributed by atoms with Gasteiger partial charge >= 0.3 is 0 Å². The molecule has 148 valence electrons. The Labute approximate surface area is 175 Å². The summed E-state index contributed by atoms with van der Waals surface area (Å²) >= 11 is 7.66. The third-order valence-corrected chi connectivity index (χ3v) is 6.85. The number of nitriles is 1. The molecule has 1 N–H and O–H groups in total. The van der Waals surface area contributed by atoms with Gasteiger partial charge in [-0.1, -0.05) is 29.8 Å². The fourth-order valence-electron chi connectivity index (χ4n) is 3.66. The molecule has 1 aliphatic rings. The van der Waals surface area contributed by atoms with Crippen molar-refractivity contribution < 1.29 is 14.6 Å². The number of ether oxygens (including phenoxy) is 1. The van der Waals surface area contributed by atoms with E-state index in [4.69, 9.17) is 16.3 Å².